The molecule has 2 aromatic heterocycles. The highest BCUT2D eigenvalue weighted by Gasteiger charge is 2.52. The van der Waals surface area contributed by atoms with E-state index in [9.17, 15) is 0 Å². The maximum absolute atomic E-state index is 4.57. The van der Waals surface area contributed by atoms with E-state index in [1.807, 2.05) is 6.20 Å². The van der Waals surface area contributed by atoms with E-state index in [1.165, 1.54) is 12.8 Å². The van der Waals surface area contributed by atoms with E-state index in [1.54, 1.807) is 12.4 Å². The van der Waals surface area contributed by atoms with E-state index < -0.39 is 0 Å². The summed E-state index contributed by atoms with van der Waals surface area (Å²) in [4.78, 5) is 11.1. The second-order valence-electron chi connectivity index (χ2n) is 4.98. The van der Waals surface area contributed by atoms with Gasteiger partial charge in [0.25, 0.3) is 0 Å². The Kier molecular flexibility index (Phi) is 1.62. The van der Waals surface area contributed by atoms with E-state index in [4.69, 9.17) is 0 Å². The number of nitrogens with zero attached hydrogens (tertiary/aromatic N) is 5. The summed E-state index contributed by atoms with van der Waals surface area (Å²) < 4.78 is 0. The number of nitrogens with one attached hydrogen (secondary N) is 1. The molecule has 86 valence electrons. The molecule has 4 rings (SSSR count). The number of aromatic nitrogens is 5. The average Bonchev–Trinajstić information content (AvgIpc) is 2.94. The molecule has 1 spiro atoms. The Morgan fingerprint density at radius 3 is 2.76 bits per heavy atom. The molecule has 2 fully saturated rings. The molecule has 6 nitrogen and oxygen atoms in total. The Bertz CT molecular complexity index is 537. The van der Waals surface area contributed by atoms with Crippen molar-refractivity contribution in [1.29, 1.82) is 0 Å². The molecular formula is C11H12N6. The van der Waals surface area contributed by atoms with Gasteiger partial charge in [0.15, 0.2) is 0 Å². The average molecular weight is 228 g/mol. The SMILES string of the molecule is c1[nH]nnc1-c1cncc(N2CC3(CC3)C2)n1. The molecule has 0 unspecified atom stereocenters. The molecule has 2 aliphatic rings. The Labute approximate surface area is 98.1 Å². The predicted molar refractivity (Wildman–Crippen MR) is 61.3 cm³/mol. The van der Waals surface area contributed by atoms with Crippen molar-refractivity contribution in [1.82, 2.24) is 25.4 Å². The largest absolute Gasteiger partial charge is 0.354 e. The third-order valence-electron chi connectivity index (χ3n) is 3.63. The normalized spacial score (nSPS) is 20.4. The summed E-state index contributed by atoms with van der Waals surface area (Å²) in [5.41, 5.74) is 2.14. The monoisotopic (exact) mass is 228 g/mol. The zero-order valence-corrected chi connectivity index (χ0v) is 9.30. The summed E-state index contributed by atoms with van der Waals surface area (Å²) in [6.07, 6.45) is 8.01. The van der Waals surface area contributed by atoms with Crippen LogP contribution in [0, 0.1) is 5.41 Å². The van der Waals surface area contributed by atoms with Crippen LogP contribution < -0.4 is 4.90 Å². The van der Waals surface area contributed by atoms with E-state index in [0.717, 1.165) is 30.3 Å². The third-order valence-corrected chi connectivity index (χ3v) is 3.63. The first-order chi connectivity index (χ1) is 8.35. The van der Waals surface area contributed by atoms with Crippen LogP contribution >= 0.6 is 0 Å². The fourth-order valence-corrected chi connectivity index (χ4v) is 2.38. The van der Waals surface area contributed by atoms with Crippen molar-refractivity contribution in [2.24, 2.45) is 5.41 Å². The highest BCUT2D eigenvalue weighted by atomic mass is 15.3. The van der Waals surface area contributed by atoms with E-state index in [0.29, 0.717) is 5.41 Å². The number of hydrogen-bond acceptors (Lipinski definition) is 5. The van der Waals surface area contributed by atoms with Crippen LogP contribution in [0.25, 0.3) is 11.4 Å². The first kappa shape index (κ1) is 9.09. The lowest BCUT2D eigenvalue weighted by Crippen LogP contribution is -2.48. The summed E-state index contributed by atoms with van der Waals surface area (Å²) in [6, 6.07) is 0. The molecular weight excluding hydrogens is 216 g/mol. The van der Waals surface area contributed by atoms with E-state index >= 15 is 0 Å². The minimum atomic E-state index is 0.631. The maximum Gasteiger partial charge on any atom is 0.147 e. The van der Waals surface area contributed by atoms with Crippen molar-refractivity contribution < 1.29 is 0 Å². The van der Waals surface area contributed by atoms with E-state index in [-0.39, 0.29) is 0 Å². The molecule has 0 amide bonds. The van der Waals surface area contributed by atoms with Gasteiger partial charge in [-0.15, -0.1) is 5.10 Å². The summed E-state index contributed by atoms with van der Waals surface area (Å²) in [7, 11) is 0. The van der Waals surface area contributed by atoms with E-state index in [2.05, 4.69) is 30.3 Å². The van der Waals surface area contributed by atoms with Gasteiger partial charge in [-0.1, -0.05) is 5.21 Å². The zero-order chi connectivity index (χ0) is 11.3. The van der Waals surface area contributed by atoms with Crippen molar-refractivity contribution >= 4 is 5.82 Å². The first-order valence-electron chi connectivity index (χ1n) is 5.79. The van der Waals surface area contributed by atoms with Crippen molar-refractivity contribution in [3.05, 3.63) is 18.6 Å². The van der Waals surface area contributed by atoms with Crippen LogP contribution in [0.15, 0.2) is 18.6 Å². The van der Waals surface area contributed by atoms with Gasteiger partial charge < -0.3 is 4.90 Å². The summed E-state index contributed by atoms with van der Waals surface area (Å²) in [5.74, 6) is 0.947. The van der Waals surface area contributed by atoms with Gasteiger partial charge in [0.1, 0.15) is 17.2 Å². The van der Waals surface area contributed by atoms with Crippen molar-refractivity contribution in [3.8, 4) is 11.4 Å². The van der Waals surface area contributed by atoms with Crippen LogP contribution in [-0.2, 0) is 0 Å². The molecule has 0 aromatic carbocycles. The second-order valence-corrected chi connectivity index (χ2v) is 4.98. The number of anilines is 1. The third kappa shape index (κ3) is 1.40. The zero-order valence-electron chi connectivity index (χ0n) is 9.30. The summed E-state index contributed by atoms with van der Waals surface area (Å²) >= 11 is 0. The molecule has 2 aromatic rings. The number of hydrogen-bond donors (Lipinski definition) is 1. The number of H-pyrrole nitrogens is 1. The molecule has 1 N–H and O–H groups in total. The van der Waals surface area contributed by atoms with Gasteiger partial charge in [-0.3, -0.25) is 10.1 Å². The molecule has 3 heterocycles. The molecule has 1 saturated carbocycles. The Morgan fingerprint density at radius 1 is 1.18 bits per heavy atom. The van der Waals surface area contributed by atoms with Gasteiger partial charge in [0.2, 0.25) is 0 Å². The fourth-order valence-electron chi connectivity index (χ4n) is 2.38. The predicted octanol–water partition coefficient (Wildman–Crippen LogP) is 0.862. The Balaban J connectivity index is 1.62. The molecule has 17 heavy (non-hydrogen) atoms. The first-order valence-corrected chi connectivity index (χ1v) is 5.79. The molecule has 0 bridgehead atoms. The van der Waals surface area contributed by atoms with Crippen LogP contribution in [0.5, 0.6) is 0 Å². The minimum absolute atomic E-state index is 0.631. The van der Waals surface area contributed by atoms with Gasteiger partial charge in [-0.05, 0) is 12.8 Å². The van der Waals surface area contributed by atoms with Crippen LogP contribution in [0.3, 0.4) is 0 Å². The molecule has 6 heteroatoms. The lowest BCUT2D eigenvalue weighted by atomic mass is 9.97. The lowest BCUT2D eigenvalue weighted by Gasteiger charge is -2.40. The van der Waals surface area contributed by atoms with Gasteiger partial charge in [0.05, 0.1) is 18.6 Å². The molecule has 0 atom stereocenters. The van der Waals surface area contributed by atoms with Crippen LogP contribution in [0.1, 0.15) is 12.8 Å². The van der Waals surface area contributed by atoms with Crippen molar-refractivity contribution in [2.75, 3.05) is 18.0 Å². The highest BCUT2D eigenvalue weighted by molar-refractivity contribution is 5.55. The topological polar surface area (TPSA) is 70.6 Å². The van der Waals surface area contributed by atoms with Crippen LogP contribution in [0.4, 0.5) is 5.82 Å². The minimum Gasteiger partial charge on any atom is -0.354 e. The fraction of sp³-hybridized carbons (Fsp3) is 0.455. The summed E-state index contributed by atoms with van der Waals surface area (Å²) in [6.45, 7) is 2.26. The van der Waals surface area contributed by atoms with Gasteiger partial charge in [0, 0.05) is 18.5 Å². The molecule has 1 saturated heterocycles. The van der Waals surface area contributed by atoms with Crippen molar-refractivity contribution in [2.45, 2.75) is 12.8 Å². The van der Waals surface area contributed by atoms with Crippen LogP contribution in [0.2, 0.25) is 0 Å². The standard InChI is InChI=1S/C11H12N6/c1-2-11(1)6-17(7-11)10-5-12-3-8(14-10)9-4-13-16-15-9/h3-5H,1-2,6-7H2,(H,13,15,16). The number of aromatic amines is 1. The van der Waals surface area contributed by atoms with Gasteiger partial charge >= 0.3 is 0 Å². The lowest BCUT2D eigenvalue weighted by molar-refractivity contribution is 0.384. The Hall–Kier alpha value is -1.98. The van der Waals surface area contributed by atoms with Crippen LogP contribution in [-0.4, -0.2) is 38.5 Å². The van der Waals surface area contributed by atoms with Crippen molar-refractivity contribution in [3.63, 3.8) is 0 Å². The molecule has 1 aliphatic heterocycles. The Morgan fingerprint density at radius 2 is 2.06 bits per heavy atom. The quantitative estimate of drug-likeness (QED) is 0.825. The number of rotatable bonds is 2. The van der Waals surface area contributed by atoms with Gasteiger partial charge in [-0.2, -0.15) is 0 Å². The molecule has 1 aliphatic carbocycles. The van der Waals surface area contributed by atoms with Gasteiger partial charge in [-0.25, -0.2) is 4.98 Å². The maximum atomic E-state index is 4.57. The smallest absolute Gasteiger partial charge is 0.147 e. The molecule has 0 radical (unpaired) electrons. The summed E-state index contributed by atoms with van der Waals surface area (Å²) in [5, 5.41) is 10.3. The highest BCUT2D eigenvalue weighted by Crippen LogP contribution is 2.53. The second kappa shape index (κ2) is 3.03.